The number of hydrogen-bond donors (Lipinski definition) is 2. The number of H-pyrrole nitrogens is 1. The summed E-state index contributed by atoms with van der Waals surface area (Å²) in [5.74, 6) is -0.0167. The summed E-state index contributed by atoms with van der Waals surface area (Å²) >= 11 is 0. The monoisotopic (exact) mass is 807 g/mol. The summed E-state index contributed by atoms with van der Waals surface area (Å²) in [6, 6.07) is 18.8. The van der Waals surface area contributed by atoms with Crippen molar-refractivity contribution in [1.29, 1.82) is 0 Å². The molecule has 11 heteroatoms. The number of aryl methyl sites for hydroxylation is 2. The third-order valence-corrected chi connectivity index (χ3v) is 12.8. The van der Waals surface area contributed by atoms with Crippen molar-refractivity contribution in [3.8, 4) is 11.6 Å². The van der Waals surface area contributed by atoms with Crippen molar-refractivity contribution < 1.29 is 28.6 Å². The highest BCUT2D eigenvalue weighted by molar-refractivity contribution is 6.08. The predicted molar refractivity (Wildman–Crippen MR) is 231 cm³/mol. The molecular formula is C49H53N5O6. The number of allylic oxidation sites excluding steroid dienone is 2. The Balaban J connectivity index is 1.22. The van der Waals surface area contributed by atoms with Gasteiger partial charge in [-0.05, 0) is 98.2 Å². The van der Waals surface area contributed by atoms with Gasteiger partial charge in [0.05, 0.1) is 12.1 Å². The first-order chi connectivity index (χ1) is 28.9. The van der Waals surface area contributed by atoms with Gasteiger partial charge in [-0.3, -0.25) is 9.89 Å². The average molecular weight is 808 g/mol. The summed E-state index contributed by atoms with van der Waals surface area (Å²) in [7, 11) is 0. The Morgan fingerprint density at radius 2 is 1.75 bits per heavy atom. The standard InChI is InChI=1S/C49H53N5O6/c1-8-9-10-13-24-49(60-38-22-21-29(2)25-31(38)4)47(57)52-48(49)23-15-18-35(28-48)42-51-43-39(46(56)58-41-32(5)26-30(3)27-33(41)6)40(50-7)44(54(43)53-42)59-45(55)37-20-14-17-34-16-11-12-19-36(34)37/h11-12,14-22,25,28,30,32-33,41H,8-10,13,23-24,26-27H2,1-6H3,(H,51,53)(H,52,57). The van der Waals surface area contributed by atoms with Gasteiger partial charge in [-0.1, -0.05) is 113 Å². The molecule has 60 heavy (non-hydrogen) atoms. The lowest BCUT2D eigenvalue weighted by Crippen LogP contribution is -2.83. The molecule has 1 amide bonds. The lowest BCUT2D eigenvalue weighted by Gasteiger charge is -2.57. The van der Waals surface area contributed by atoms with Crippen LogP contribution in [0.2, 0.25) is 0 Å². The summed E-state index contributed by atoms with van der Waals surface area (Å²) in [5, 5.41) is 8.02. The van der Waals surface area contributed by atoms with Crippen LogP contribution in [0.4, 0.5) is 5.69 Å². The number of nitrogens with zero attached hydrogens (tertiary/aromatic N) is 3. The van der Waals surface area contributed by atoms with E-state index in [0.717, 1.165) is 55.0 Å². The maximum absolute atomic E-state index is 14.4. The summed E-state index contributed by atoms with van der Waals surface area (Å²) in [4.78, 5) is 51.1. The first-order valence-electron chi connectivity index (χ1n) is 21.3. The molecule has 2 aromatic heterocycles. The highest BCUT2D eigenvalue weighted by Gasteiger charge is 2.67. The van der Waals surface area contributed by atoms with Crippen LogP contribution in [0.25, 0.3) is 26.8 Å². The van der Waals surface area contributed by atoms with E-state index in [0.29, 0.717) is 46.9 Å². The largest absolute Gasteiger partial charge is 0.474 e. The number of carbonyl (C=O) groups excluding carboxylic acids is 3. The Hall–Kier alpha value is -6.15. The lowest BCUT2D eigenvalue weighted by atomic mass is 9.64. The number of ether oxygens (including phenoxy) is 3. The van der Waals surface area contributed by atoms with Gasteiger partial charge in [-0.25, -0.2) is 23.9 Å². The van der Waals surface area contributed by atoms with Crippen molar-refractivity contribution >= 4 is 45.5 Å². The molecule has 11 nitrogen and oxygen atoms in total. The van der Waals surface area contributed by atoms with Gasteiger partial charge < -0.3 is 19.5 Å². The van der Waals surface area contributed by atoms with Gasteiger partial charge in [-0.2, -0.15) is 0 Å². The number of β-lactam (4-membered cyclic amide) rings is 1. The second-order valence-electron chi connectivity index (χ2n) is 17.3. The third-order valence-electron chi connectivity index (χ3n) is 12.8. The van der Waals surface area contributed by atoms with Crippen LogP contribution < -0.4 is 14.8 Å². The number of esters is 2. The topological polar surface area (TPSA) is 128 Å². The lowest BCUT2D eigenvalue weighted by molar-refractivity contribution is -0.166. The Bertz CT molecular complexity index is 2590. The second kappa shape index (κ2) is 16.1. The summed E-state index contributed by atoms with van der Waals surface area (Å²) in [5.41, 5.74) is 0.724. The number of fused-ring (bicyclic) bond motifs is 2. The number of carbonyl (C=O) groups is 3. The van der Waals surface area contributed by atoms with Crippen LogP contribution >= 0.6 is 0 Å². The molecule has 2 fully saturated rings. The second-order valence-corrected chi connectivity index (χ2v) is 17.3. The van der Waals surface area contributed by atoms with E-state index in [1.165, 1.54) is 4.52 Å². The molecule has 3 aromatic carbocycles. The number of aromatic nitrogens is 3. The normalized spacial score (nSPS) is 24.8. The van der Waals surface area contributed by atoms with Gasteiger partial charge in [0.15, 0.2) is 11.5 Å². The van der Waals surface area contributed by atoms with Crippen LogP contribution in [0.1, 0.15) is 117 Å². The molecule has 4 atom stereocenters. The predicted octanol–water partition coefficient (Wildman–Crippen LogP) is 10.4. The van der Waals surface area contributed by atoms with E-state index in [-0.39, 0.29) is 46.6 Å². The van der Waals surface area contributed by atoms with Gasteiger partial charge in [0.2, 0.25) is 11.5 Å². The molecule has 1 spiro atoms. The van der Waals surface area contributed by atoms with E-state index in [1.54, 1.807) is 12.1 Å². The third kappa shape index (κ3) is 7.06. The van der Waals surface area contributed by atoms with Crippen molar-refractivity contribution in [2.75, 3.05) is 0 Å². The minimum absolute atomic E-state index is 0.0817. The number of benzene rings is 3. The molecule has 1 saturated heterocycles. The first-order valence-corrected chi connectivity index (χ1v) is 21.3. The fourth-order valence-electron chi connectivity index (χ4n) is 9.88. The number of unbranched alkanes of at least 4 members (excludes halogenated alkanes) is 3. The van der Waals surface area contributed by atoms with Crippen molar-refractivity contribution in [3.63, 3.8) is 0 Å². The average Bonchev–Trinajstić information content (AvgIpc) is 3.78. The molecule has 0 radical (unpaired) electrons. The molecule has 2 aliphatic carbocycles. The van der Waals surface area contributed by atoms with Crippen LogP contribution in [0.15, 0.2) is 78.9 Å². The van der Waals surface area contributed by atoms with Gasteiger partial charge in [0.25, 0.3) is 11.6 Å². The van der Waals surface area contributed by atoms with E-state index in [2.05, 4.69) is 49.0 Å². The maximum Gasteiger partial charge on any atom is 0.344 e. The van der Waals surface area contributed by atoms with E-state index in [4.69, 9.17) is 25.8 Å². The maximum atomic E-state index is 14.4. The number of hydrogen-bond acceptors (Lipinski definition) is 7. The zero-order valence-corrected chi connectivity index (χ0v) is 35.3. The smallest absolute Gasteiger partial charge is 0.344 e. The van der Waals surface area contributed by atoms with Crippen molar-refractivity contribution in [2.24, 2.45) is 17.8 Å². The van der Waals surface area contributed by atoms with Gasteiger partial charge in [0.1, 0.15) is 23.0 Å². The van der Waals surface area contributed by atoms with Crippen LogP contribution in [0.5, 0.6) is 11.6 Å². The van der Waals surface area contributed by atoms with E-state index >= 15 is 0 Å². The van der Waals surface area contributed by atoms with Gasteiger partial charge in [0, 0.05) is 5.57 Å². The van der Waals surface area contributed by atoms with Crippen LogP contribution in [-0.2, 0) is 9.53 Å². The molecule has 2 N–H and O–H groups in total. The SMILES string of the molecule is [C-]#[N+]c1c(C(=O)OC2C(C)CC(C)CC2C)c2nc(C3=CC4(CC=C3)NC(=O)C4(CCCCCC)Oc3ccc(C)cc3C)[nH]n2c1OC(=O)c1cccc2ccccc12. The van der Waals surface area contributed by atoms with E-state index in [9.17, 15) is 14.4 Å². The molecule has 310 valence electrons. The Labute approximate surface area is 351 Å². The molecule has 1 aliphatic heterocycles. The molecule has 0 bridgehead atoms. The van der Waals surface area contributed by atoms with Crippen molar-refractivity contribution in [2.45, 2.75) is 110 Å². The zero-order chi connectivity index (χ0) is 42.3. The van der Waals surface area contributed by atoms with Crippen molar-refractivity contribution in [3.05, 3.63) is 118 Å². The number of rotatable bonds is 12. The number of aromatic amines is 1. The van der Waals surface area contributed by atoms with Crippen LogP contribution in [-0.4, -0.2) is 49.7 Å². The summed E-state index contributed by atoms with van der Waals surface area (Å²) < 4.78 is 20.6. The highest BCUT2D eigenvalue weighted by Crippen LogP contribution is 2.48. The van der Waals surface area contributed by atoms with Gasteiger partial charge in [-0.15, -0.1) is 0 Å². The van der Waals surface area contributed by atoms with E-state index < -0.39 is 23.1 Å². The summed E-state index contributed by atoms with van der Waals surface area (Å²) in [6.45, 7) is 20.8. The molecule has 3 heterocycles. The molecule has 8 rings (SSSR count). The molecule has 5 aromatic rings. The Morgan fingerprint density at radius 3 is 2.48 bits per heavy atom. The van der Waals surface area contributed by atoms with Gasteiger partial charge >= 0.3 is 11.9 Å². The Morgan fingerprint density at radius 1 is 0.983 bits per heavy atom. The first kappa shape index (κ1) is 40.6. The number of nitrogens with one attached hydrogen (secondary N) is 2. The summed E-state index contributed by atoms with van der Waals surface area (Å²) in [6.07, 6.45) is 12.2. The van der Waals surface area contributed by atoms with Crippen LogP contribution in [0.3, 0.4) is 0 Å². The van der Waals surface area contributed by atoms with Crippen molar-refractivity contribution in [1.82, 2.24) is 19.9 Å². The van der Waals surface area contributed by atoms with Crippen LogP contribution in [0, 0.1) is 38.2 Å². The zero-order valence-electron chi connectivity index (χ0n) is 35.3. The minimum Gasteiger partial charge on any atom is -0.474 e. The van der Waals surface area contributed by atoms with E-state index in [1.807, 2.05) is 74.5 Å². The fraction of sp³-hybridized carbons (Fsp3) is 0.408. The molecule has 4 unspecified atom stereocenters. The fourth-order valence-corrected chi connectivity index (χ4v) is 9.88. The highest BCUT2D eigenvalue weighted by atomic mass is 16.6. The minimum atomic E-state index is -1.19. The Kier molecular flexibility index (Phi) is 10.9. The molecule has 1 saturated carbocycles. The quantitative estimate of drug-likeness (QED) is 0.0556. The molecule has 3 aliphatic rings. The molecular weight excluding hydrogens is 755 g/mol. The number of amides is 1.